The molecule has 0 atom stereocenters. The van der Waals surface area contributed by atoms with Crippen molar-refractivity contribution in [1.82, 2.24) is 25.0 Å². The lowest BCUT2D eigenvalue weighted by molar-refractivity contribution is 0.0950. The zero-order valence-corrected chi connectivity index (χ0v) is 16.9. The van der Waals surface area contributed by atoms with Crippen molar-refractivity contribution in [1.29, 1.82) is 0 Å². The average Bonchev–Trinajstić information content (AvgIpc) is 3.31. The highest BCUT2D eigenvalue weighted by Gasteiger charge is 2.09. The van der Waals surface area contributed by atoms with Gasteiger partial charge in [-0.3, -0.25) is 4.79 Å². The normalized spacial score (nSPS) is 10.9. The lowest BCUT2D eigenvalue weighted by atomic mass is 10.2. The fraction of sp³-hybridized carbons (Fsp3) is 0.318. The van der Waals surface area contributed by atoms with E-state index in [1.165, 1.54) is 0 Å². The second-order valence-electron chi connectivity index (χ2n) is 6.52. The van der Waals surface area contributed by atoms with Crippen molar-refractivity contribution in [2.45, 2.75) is 20.4 Å². The summed E-state index contributed by atoms with van der Waals surface area (Å²) in [6.45, 7) is 8.18. The number of nitrogens with one attached hydrogen (secondary N) is 1. The predicted molar refractivity (Wildman–Crippen MR) is 112 cm³/mol. The number of ether oxygens (including phenoxy) is 1. The van der Waals surface area contributed by atoms with E-state index in [9.17, 15) is 4.79 Å². The molecular formula is C22H27N5O2. The van der Waals surface area contributed by atoms with Crippen LogP contribution in [0.2, 0.25) is 0 Å². The smallest absolute Gasteiger partial charge is 0.253 e. The van der Waals surface area contributed by atoms with Crippen molar-refractivity contribution in [2.24, 2.45) is 0 Å². The van der Waals surface area contributed by atoms with Gasteiger partial charge in [0.25, 0.3) is 5.91 Å². The molecule has 0 spiro atoms. The number of carbonyl (C=O) groups is 1. The molecule has 2 aromatic heterocycles. The Labute approximate surface area is 171 Å². The van der Waals surface area contributed by atoms with E-state index in [1.807, 2.05) is 30.3 Å². The molecule has 0 bridgehead atoms. The van der Waals surface area contributed by atoms with E-state index in [4.69, 9.17) is 4.74 Å². The molecule has 2 heterocycles. The molecule has 0 saturated carbocycles. The summed E-state index contributed by atoms with van der Waals surface area (Å²) < 4.78 is 7.60. The van der Waals surface area contributed by atoms with Crippen LogP contribution < -0.4 is 10.1 Å². The van der Waals surface area contributed by atoms with E-state index in [-0.39, 0.29) is 5.91 Å². The van der Waals surface area contributed by atoms with E-state index in [0.717, 1.165) is 30.9 Å². The molecule has 7 nitrogen and oxygen atoms in total. The van der Waals surface area contributed by atoms with Gasteiger partial charge in [0.05, 0.1) is 5.56 Å². The Morgan fingerprint density at radius 1 is 1.14 bits per heavy atom. The molecule has 152 valence electrons. The Morgan fingerprint density at radius 3 is 2.66 bits per heavy atom. The van der Waals surface area contributed by atoms with Crippen molar-refractivity contribution < 1.29 is 9.53 Å². The topological polar surface area (TPSA) is 72.3 Å². The first-order chi connectivity index (χ1) is 14.2. The van der Waals surface area contributed by atoms with Crippen molar-refractivity contribution >= 4 is 5.91 Å². The van der Waals surface area contributed by atoms with Gasteiger partial charge in [-0.1, -0.05) is 32.0 Å². The van der Waals surface area contributed by atoms with Crippen LogP contribution in [0.5, 0.6) is 5.75 Å². The van der Waals surface area contributed by atoms with Crippen molar-refractivity contribution in [3.05, 3.63) is 72.2 Å². The Bertz CT molecular complexity index is 890. The molecule has 3 aromatic rings. The molecule has 1 N–H and O–H groups in total. The molecule has 3 rings (SSSR count). The fourth-order valence-corrected chi connectivity index (χ4v) is 2.95. The van der Waals surface area contributed by atoms with Crippen LogP contribution in [0.15, 0.2) is 61.1 Å². The lowest BCUT2D eigenvalue weighted by Crippen LogP contribution is -2.28. The molecule has 7 heteroatoms. The zero-order chi connectivity index (χ0) is 20.5. The summed E-state index contributed by atoms with van der Waals surface area (Å²) in [5.41, 5.74) is 1.45. The summed E-state index contributed by atoms with van der Waals surface area (Å²) in [6.07, 6.45) is 5.04. The number of hydrogen-bond donors (Lipinski definition) is 1. The van der Waals surface area contributed by atoms with Crippen LogP contribution >= 0.6 is 0 Å². The van der Waals surface area contributed by atoms with Gasteiger partial charge in [0.15, 0.2) is 5.82 Å². The quantitative estimate of drug-likeness (QED) is 0.573. The number of carbonyl (C=O) groups excluding carboxylic acids is 1. The van der Waals surface area contributed by atoms with Gasteiger partial charge in [0.1, 0.15) is 12.4 Å². The van der Waals surface area contributed by atoms with Gasteiger partial charge in [0.2, 0.25) is 0 Å². The third-order valence-electron chi connectivity index (χ3n) is 4.72. The Balaban J connectivity index is 1.56. The third-order valence-corrected chi connectivity index (χ3v) is 4.72. The highest BCUT2D eigenvalue weighted by molar-refractivity contribution is 5.93. The summed E-state index contributed by atoms with van der Waals surface area (Å²) in [4.78, 5) is 19.1. The minimum Gasteiger partial charge on any atom is -0.492 e. The van der Waals surface area contributed by atoms with Crippen LogP contribution in [-0.4, -0.2) is 51.8 Å². The Morgan fingerprint density at radius 2 is 1.97 bits per heavy atom. The first kappa shape index (κ1) is 20.5. The van der Waals surface area contributed by atoms with Gasteiger partial charge in [0, 0.05) is 37.2 Å². The molecule has 0 aliphatic heterocycles. The lowest BCUT2D eigenvalue weighted by Gasteiger charge is -2.19. The molecule has 0 fully saturated rings. The standard InChI is InChI=1S/C22H27N5O2/c1-3-26(4-2)14-15-29-20-9-6-5-8-18(20)16-24-22(28)19-10-11-21(23-17-19)27-13-7-12-25-27/h5-13,17H,3-4,14-16H2,1-2H3,(H,24,28). The number of hydrogen-bond acceptors (Lipinski definition) is 5. The maximum absolute atomic E-state index is 12.5. The first-order valence-corrected chi connectivity index (χ1v) is 9.88. The first-order valence-electron chi connectivity index (χ1n) is 9.88. The maximum Gasteiger partial charge on any atom is 0.253 e. The van der Waals surface area contributed by atoms with Gasteiger partial charge >= 0.3 is 0 Å². The van der Waals surface area contributed by atoms with Crippen molar-refractivity contribution in [3.63, 3.8) is 0 Å². The number of pyridine rings is 1. The van der Waals surface area contributed by atoms with Gasteiger partial charge < -0.3 is 15.0 Å². The largest absolute Gasteiger partial charge is 0.492 e. The molecular weight excluding hydrogens is 366 g/mol. The van der Waals surface area contributed by atoms with Gasteiger partial charge in [-0.25, -0.2) is 9.67 Å². The molecule has 29 heavy (non-hydrogen) atoms. The van der Waals surface area contributed by atoms with Crippen LogP contribution in [0.4, 0.5) is 0 Å². The van der Waals surface area contributed by atoms with Crippen LogP contribution in [0, 0.1) is 0 Å². The second kappa shape index (κ2) is 10.4. The number of aromatic nitrogens is 3. The fourth-order valence-electron chi connectivity index (χ4n) is 2.95. The number of amides is 1. The summed E-state index contributed by atoms with van der Waals surface area (Å²) in [7, 11) is 0. The minimum absolute atomic E-state index is 0.178. The maximum atomic E-state index is 12.5. The van der Waals surface area contributed by atoms with E-state index in [2.05, 4.69) is 34.1 Å². The van der Waals surface area contributed by atoms with Crippen LogP contribution in [-0.2, 0) is 6.54 Å². The summed E-state index contributed by atoms with van der Waals surface area (Å²) in [5, 5.41) is 7.07. The van der Waals surface area contributed by atoms with Crippen LogP contribution in [0.25, 0.3) is 5.82 Å². The highest BCUT2D eigenvalue weighted by Crippen LogP contribution is 2.18. The molecule has 1 aromatic carbocycles. The highest BCUT2D eigenvalue weighted by atomic mass is 16.5. The number of nitrogens with zero attached hydrogens (tertiary/aromatic N) is 4. The number of likely N-dealkylation sites (N-methyl/N-ethyl adjacent to an activating group) is 1. The SMILES string of the molecule is CCN(CC)CCOc1ccccc1CNC(=O)c1ccc(-n2cccn2)nc1. The van der Waals surface area contributed by atoms with E-state index in [0.29, 0.717) is 24.5 Å². The minimum atomic E-state index is -0.178. The zero-order valence-electron chi connectivity index (χ0n) is 16.9. The molecule has 0 aliphatic carbocycles. The Kier molecular flexibility index (Phi) is 7.35. The van der Waals surface area contributed by atoms with E-state index >= 15 is 0 Å². The monoisotopic (exact) mass is 393 g/mol. The molecule has 0 unspecified atom stereocenters. The van der Waals surface area contributed by atoms with Crippen LogP contribution in [0.1, 0.15) is 29.8 Å². The Hall–Kier alpha value is -3.19. The van der Waals surface area contributed by atoms with Gasteiger partial charge in [-0.2, -0.15) is 5.10 Å². The van der Waals surface area contributed by atoms with Gasteiger partial charge in [-0.15, -0.1) is 0 Å². The molecule has 1 amide bonds. The molecule has 0 aliphatic rings. The average molecular weight is 393 g/mol. The second-order valence-corrected chi connectivity index (χ2v) is 6.52. The van der Waals surface area contributed by atoms with E-state index in [1.54, 1.807) is 35.4 Å². The number of rotatable bonds is 10. The predicted octanol–water partition coefficient (Wildman–Crippen LogP) is 2.92. The number of benzene rings is 1. The molecule has 0 saturated heterocycles. The van der Waals surface area contributed by atoms with E-state index < -0.39 is 0 Å². The summed E-state index contributed by atoms with van der Waals surface area (Å²) >= 11 is 0. The van der Waals surface area contributed by atoms with Crippen molar-refractivity contribution in [3.8, 4) is 11.6 Å². The summed E-state index contributed by atoms with van der Waals surface area (Å²) in [6, 6.07) is 13.1. The third kappa shape index (κ3) is 5.65. The van der Waals surface area contributed by atoms with Crippen molar-refractivity contribution in [2.75, 3.05) is 26.2 Å². The van der Waals surface area contributed by atoms with Gasteiger partial charge in [-0.05, 0) is 37.4 Å². The number of para-hydroxylation sites is 1. The van der Waals surface area contributed by atoms with Crippen LogP contribution in [0.3, 0.4) is 0 Å². The summed E-state index contributed by atoms with van der Waals surface area (Å²) in [5.74, 6) is 1.29. The molecule has 0 radical (unpaired) electrons.